The third-order valence-electron chi connectivity index (χ3n) is 2.53. The SMILES string of the molecule is CN(C)C(=O)c1c(S)ccc2ccccc12. The van der Waals surface area contributed by atoms with Gasteiger partial charge in [0.25, 0.3) is 5.91 Å². The van der Waals surface area contributed by atoms with Gasteiger partial charge >= 0.3 is 0 Å². The minimum absolute atomic E-state index is 0.0122. The molecule has 2 nitrogen and oxygen atoms in total. The largest absolute Gasteiger partial charge is 0.345 e. The van der Waals surface area contributed by atoms with E-state index in [9.17, 15) is 4.79 Å². The highest BCUT2D eigenvalue weighted by atomic mass is 32.1. The predicted molar refractivity (Wildman–Crippen MR) is 69.2 cm³/mol. The van der Waals surface area contributed by atoms with Gasteiger partial charge in [0.15, 0.2) is 0 Å². The topological polar surface area (TPSA) is 20.3 Å². The lowest BCUT2D eigenvalue weighted by atomic mass is 10.0. The number of rotatable bonds is 1. The summed E-state index contributed by atoms with van der Waals surface area (Å²) in [4.78, 5) is 14.3. The second-order valence-electron chi connectivity index (χ2n) is 3.88. The van der Waals surface area contributed by atoms with E-state index < -0.39 is 0 Å². The van der Waals surface area contributed by atoms with Crippen LogP contribution in [0.25, 0.3) is 10.8 Å². The predicted octanol–water partition coefficient (Wildman–Crippen LogP) is 2.83. The first-order chi connectivity index (χ1) is 7.61. The second-order valence-corrected chi connectivity index (χ2v) is 4.36. The number of carbonyl (C=O) groups excluding carboxylic acids is 1. The molecule has 0 unspecified atom stereocenters. The molecule has 0 saturated carbocycles. The van der Waals surface area contributed by atoms with Crippen LogP contribution in [0.4, 0.5) is 0 Å². The first-order valence-electron chi connectivity index (χ1n) is 5.03. The van der Waals surface area contributed by atoms with E-state index in [2.05, 4.69) is 12.6 Å². The minimum Gasteiger partial charge on any atom is -0.345 e. The van der Waals surface area contributed by atoms with E-state index >= 15 is 0 Å². The van der Waals surface area contributed by atoms with Gasteiger partial charge in [0.05, 0.1) is 5.56 Å². The van der Waals surface area contributed by atoms with Crippen LogP contribution in [0.1, 0.15) is 10.4 Å². The zero-order valence-corrected chi connectivity index (χ0v) is 10.2. The van der Waals surface area contributed by atoms with Gasteiger partial charge in [-0.1, -0.05) is 30.3 Å². The highest BCUT2D eigenvalue weighted by Crippen LogP contribution is 2.25. The summed E-state index contributed by atoms with van der Waals surface area (Å²) in [6.07, 6.45) is 0. The Hall–Kier alpha value is -1.48. The van der Waals surface area contributed by atoms with Gasteiger partial charge in [0, 0.05) is 19.0 Å². The Labute approximate surface area is 100 Å². The zero-order chi connectivity index (χ0) is 11.7. The molecule has 0 aromatic heterocycles. The number of hydrogen-bond acceptors (Lipinski definition) is 2. The fraction of sp³-hybridized carbons (Fsp3) is 0.154. The Morgan fingerprint density at radius 1 is 1.12 bits per heavy atom. The zero-order valence-electron chi connectivity index (χ0n) is 9.27. The van der Waals surface area contributed by atoms with Gasteiger partial charge in [-0.15, -0.1) is 12.6 Å². The number of fused-ring (bicyclic) bond motifs is 1. The molecule has 0 radical (unpaired) electrons. The van der Waals surface area contributed by atoms with Crippen molar-refractivity contribution in [2.45, 2.75) is 4.90 Å². The number of thiol groups is 1. The molecule has 82 valence electrons. The van der Waals surface area contributed by atoms with Crippen molar-refractivity contribution in [3.05, 3.63) is 42.0 Å². The van der Waals surface area contributed by atoms with Crippen LogP contribution in [0, 0.1) is 0 Å². The van der Waals surface area contributed by atoms with Crippen LogP contribution in [0.15, 0.2) is 41.3 Å². The molecular formula is C13H13NOS. The van der Waals surface area contributed by atoms with Crippen molar-refractivity contribution in [2.75, 3.05) is 14.1 Å². The second kappa shape index (κ2) is 4.18. The minimum atomic E-state index is -0.0122. The molecule has 0 atom stereocenters. The van der Waals surface area contributed by atoms with E-state index in [1.165, 1.54) is 0 Å². The van der Waals surface area contributed by atoms with Crippen molar-refractivity contribution >= 4 is 29.3 Å². The number of amides is 1. The average molecular weight is 231 g/mol. The molecule has 0 bridgehead atoms. The Balaban J connectivity index is 2.75. The van der Waals surface area contributed by atoms with E-state index in [-0.39, 0.29) is 5.91 Å². The van der Waals surface area contributed by atoms with Crippen LogP contribution >= 0.6 is 12.6 Å². The first-order valence-corrected chi connectivity index (χ1v) is 5.48. The van der Waals surface area contributed by atoms with Crippen molar-refractivity contribution in [2.24, 2.45) is 0 Å². The Bertz CT molecular complexity index is 549. The fourth-order valence-electron chi connectivity index (χ4n) is 1.71. The van der Waals surface area contributed by atoms with Crippen molar-refractivity contribution < 1.29 is 4.79 Å². The van der Waals surface area contributed by atoms with Crippen LogP contribution < -0.4 is 0 Å². The third-order valence-corrected chi connectivity index (χ3v) is 2.90. The number of hydrogen-bond donors (Lipinski definition) is 1. The number of carbonyl (C=O) groups is 1. The Morgan fingerprint density at radius 3 is 2.50 bits per heavy atom. The van der Waals surface area contributed by atoms with Crippen LogP contribution in [-0.2, 0) is 0 Å². The molecule has 3 heteroatoms. The van der Waals surface area contributed by atoms with Crippen molar-refractivity contribution in [1.29, 1.82) is 0 Å². The normalized spacial score (nSPS) is 10.4. The maximum absolute atomic E-state index is 12.1. The van der Waals surface area contributed by atoms with Gasteiger partial charge in [-0.3, -0.25) is 4.79 Å². The molecule has 0 fully saturated rings. The quantitative estimate of drug-likeness (QED) is 0.748. The summed E-state index contributed by atoms with van der Waals surface area (Å²) < 4.78 is 0. The van der Waals surface area contributed by atoms with Crippen LogP contribution in [0.5, 0.6) is 0 Å². The summed E-state index contributed by atoms with van der Waals surface area (Å²) in [6.45, 7) is 0. The molecule has 0 aliphatic rings. The molecular weight excluding hydrogens is 218 g/mol. The van der Waals surface area contributed by atoms with Gasteiger partial charge in [-0.2, -0.15) is 0 Å². The molecule has 16 heavy (non-hydrogen) atoms. The lowest BCUT2D eigenvalue weighted by Crippen LogP contribution is -2.22. The number of benzene rings is 2. The summed E-state index contributed by atoms with van der Waals surface area (Å²) >= 11 is 4.36. The van der Waals surface area contributed by atoms with Crippen molar-refractivity contribution in [1.82, 2.24) is 4.90 Å². The van der Waals surface area contributed by atoms with Gasteiger partial charge in [-0.25, -0.2) is 0 Å². The highest BCUT2D eigenvalue weighted by molar-refractivity contribution is 7.80. The Kier molecular flexibility index (Phi) is 2.88. The van der Waals surface area contributed by atoms with Crippen molar-refractivity contribution in [3.63, 3.8) is 0 Å². The van der Waals surface area contributed by atoms with E-state index in [1.807, 2.05) is 36.4 Å². The van der Waals surface area contributed by atoms with Gasteiger partial charge < -0.3 is 4.90 Å². The van der Waals surface area contributed by atoms with Gasteiger partial charge in [0.1, 0.15) is 0 Å². The molecule has 0 aliphatic heterocycles. The molecule has 0 heterocycles. The molecule has 0 spiro atoms. The summed E-state index contributed by atoms with van der Waals surface area (Å²) in [5.41, 5.74) is 0.673. The van der Waals surface area contributed by atoms with E-state index in [0.717, 1.165) is 15.7 Å². The smallest absolute Gasteiger partial charge is 0.255 e. The average Bonchev–Trinajstić information content (AvgIpc) is 2.28. The fourth-order valence-corrected chi connectivity index (χ4v) is 2.00. The van der Waals surface area contributed by atoms with Crippen molar-refractivity contribution in [3.8, 4) is 0 Å². The van der Waals surface area contributed by atoms with E-state index in [4.69, 9.17) is 0 Å². The van der Waals surface area contributed by atoms with E-state index in [1.54, 1.807) is 19.0 Å². The monoisotopic (exact) mass is 231 g/mol. The Morgan fingerprint density at radius 2 is 1.81 bits per heavy atom. The van der Waals surface area contributed by atoms with Crippen LogP contribution in [-0.4, -0.2) is 24.9 Å². The van der Waals surface area contributed by atoms with Gasteiger partial charge in [0.2, 0.25) is 0 Å². The summed E-state index contributed by atoms with van der Waals surface area (Å²) in [6, 6.07) is 11.7. The molecule has 2 aromatic carbocycles. The maximum Gasteiger partial charge on any atom is 0.255 e. The summed E-state index contributed by atoms with van der Waals surface area (Å²) in [7, 11) is 3.49. The maximum atomic E-state index is 12.1. The molecule has 2 aromatic rings. The standard InChI is InChI=1S/C13H13NOS/c1-14(2)13(15)12-10-6-4-3-5-9(10)7-8-11(12)16/h3-8,16H,1-2H3. The first kappa shape index (κ1) is 11.0. The summed E-state index contributed by atoms with van der Waals surface area (Å²) in [5.74, 6) is -0.0122. The molecule has 0 aliphatic carbocycles. The van der Waals surface area contributed by atoms with E-state index in [0.29, 0.717) is 5.56 Å². The molecule has 0 N–H and O–H groups in total. The highest BCUT2D eigenvalue weighted by Gasteiger charge is 2.14. The lowest BCUT2D eigenvalue weighted by Gasteiger charge is -2.14. The lowest BCUT2D eigenvalue weighted by molar-refractivity contribution is 0.0826. The molecule has 1 amide bonds. The third kappa shape index (κ3) is 1.78. The molecule has 2 rings (SSSR count). The molecule has 0 saturated heterocycles. The van der Waals surface area contributed by atoms with Crippen LogP contribution in [0.2, 0.25) is 0 Å². The van der Waals surface area contributed by atoms with Gasteiger partial charge in [-0.05, 0) is 16.8 Å². The summed E-state index contributed by atoms with van der Waals surface area (Å²) in [5, 5.41) is 2.01. The number of nitrogens with zero attached hydrogens (tertiary/aromatic N) is 1. The van der Waals surface area contributed by atoms with Crippen LogP contribution in [0.3, 0.4) is 0 Å².